The molecule has 5 heteroatoms. The molecule has 0 rings (SSSR count). The van der Waals surface area contributed by atoms with Crippen LogP contribution in [0.15, 0.2) is 0 Å². The molecule has 1 atom stereocenters. The molecule has 0 aromatic carbocycles. The predicted molar refractivity (Wildman–Crippen MR) is 62.0 cm³/mol. The maximum atomic E-state index is 5.97. The molecular weight excluding hydrogens is 196 g/mol. The highest BCUT2D eigenvalue weighted by Crippen LogP contribution is 2.05. The maximum absolute atomic E-state index is 5.97. The van der Waals surface area contributed by atoms with Crippen LogP contribution in [0, 0.1) is 0 Å². The Labute approximate surface area is 87.9 Å². The molecule has 0 radical (unpaired) electrons. The van der Waals surface area contributed by atoms with E-state index >= 15 is 0 Å². The van der Waals surface area contributed by atoms with E-state index in [0.717, 1.165) is 0 Å². The summed E-state index contributed by atoms with van der Waals surface area (Å²) >= 11 is 0. The van der Waals surface area contributed by atoms with Gasteiger partial charge in [-0.05, 0) is 0 Å². The van der Waals surface area contributed by atoms with Crippen LogP contribution in [0.3, 0.4) is 0 Å². The second kappa shape index (κ2) is 7.36. The fourth-order valence-corrected chi connectivity index (χ4v) is 1.38. The van der Waals surface area contributed by atoms with Crippen molar-refractivity contribution in [1.29, 1.82) is 0 Å². The second-order valence-corrected chi connectivity index (χ2v) is 9.92. The number of ether oxygens (including phenoxy) is 2. The van der Waals surface area contributed by atoms with Crippen molar-refractivity contribution in [3.05, 3.63) is 0 Å². The van der Waals surface area contributed by atoms with Gasteiger partial charge in [0.2, 0.25) is 0 Å². The van der Waals surface area contributed by atoms with E-state index in [0.29, 0.717) is 33.0 Å². The van der Waals surface area contributed by atoms with Crippen molar-refractivity contribution >= 4 is 8.07 Å². The lowest BCUT2D eigenvalue weighted by atomic mass is 10.6. The van der Waals surface area contributed by atoms with Crippen molar-refractivity contribution < 1.29 is 9.47 Å². The normalized spacial score (nSPS) is 14.4. The molecule has 0 bridgehead atoms. The molecule has 0 aliphatic rings. The van der Waals surface area contributed by atoms with E-state index < -0.39 is 8.07 Å². The minimum atomic E-state index is -1.24. The van der Waals surface area contributed by atoms with E-state index in [-0.39, 0.29) is 5.67 Å². The van der Waals surface area contributed by atoms with Crippen LogP contribution in [0.4, 0.5) is 0 Å². The second-order valence-electron chi connectivity index (χ2n) is 4.45. The molecule has 1 unspecified atom stereocenters. The smallest absolute Gasteiger partial charge is 0.0701 e. The standard InChI is InChI=1S/C9H24N2O2Si/c1-14(2,3)9(11)8-13-7-6-12-5-4-10/h9H,4-8,10-11H2,1-3H3. The molecule has 4 N–H and O–H groups in total. The van der Waals surface area contributed by atoms with Crippen molar-refractivity contribution in [3.63, 3.8) is 0 Å². The Morgan fingerprint density at radius 3 is 2.14 bits per heavy atom. The fraction of sp³-hybridized carbons (Fsp3) is 1.00. The van der Waals surface area contributed by atoms with Crippen molar-refractivity contribution in [2.24, 2.45) is 11.5 Å². The molecule has 0 aromatic heterocycles. The average Bonchev–Trinajstić information content (AvgIpc) is 2.09. The van der Waals surface area contributed by atoms with Gasteiger partial charge >= 0.3 is 0 Å². The number of hydrogen-bond acceptors (Lipinski definition) is 4. The van der Waals surface area contributed by atoms with Crippen LogP contribution in [0.1, 0.15) is 0 Å². The first kappa shape index (κ1) is 14.1. The summed E-state index contributed by atoms with van der Waals surface area (Å²) in [4.78, 5) is 0. The minimum Gasteiger partial charge on any atom is -0.378 e. The molecule has 0 saturated heterocycles. The summed E-state index contributed by atoms with van der Waals surface area (Å²) in [6, 6.07) is 0. The van der Waals surface area contributed by atoms with Gasteiger partial charge in [0, 0.05) is 12.2 Å². The monoisotopic (exact) mass is 220 g/mol. The van der Waals surface area contributed by atoms with Crippen molar-refractivity contribution in [1.82, 2.24) is 0 Å². The first-order valence-electron chi connectivity index (χ1n) is 5.09. The van der Waals surface area contributed by atoms with Crippen LogP contribution in [0.5, 0.6) is 0 Å². The Hall–Kier alpha value is 0.0569. The Morgan fingerprint density at radius 1 is 1.07 bits per heavy atom. The molecular formula is C9H24N2O2Si. The summed E-state index contributed by atoms with van der Waals surface area (Å²) in [5.74, 6) is 0. The van der Waals surface area contributed by atoms with Gasteiger partial charge in [0.25, 0.3) is 0 Å². The van der Waals surface area contributed by atoms with Gasteiger partial charge in [0.05, 0.1) is 34.5 Å². The highest BCUT2D eigenvalue weighted by molar-refractivity contribution is 6.77. The molecule has 86 valence electrons. The Kier molecular flexibility index (Phi) is 7.39. The van der Waals surface area contributed by atoms with Crippen molar-refractivity contribution in [3.8, 4) is 0 Å². The van der Waals surface area contributed by atoms with Gasteiger partial charge in [-0.3, -0.25) is 0 Å². The van der Waals surface area contributed by atoms with Gasteiger partial charge in [-0.25, -0.2) is 0 Å². The summed E-state index contributed by atoms with van der Waals surface area (Å²) < 4.78 is 10.6. The van der Waals surface area contributed by atoms with Gasteiger partial charge in [0.15, 0.2) is 0 Å². The lowest BCUT2D eigenvalue weighted by Crippen LogP contribution is -2.48. The van der Waals surface area contributed by atoms with Gasteiger partial charge < -0.3 is 20.9 Å². The summed E-state index contributed by atoms with van der Waals surface area (Å²) in [5, 5.41) is 0. The lowest BCUT2D eigenvalue weighted by molar-refractivity contribution is 0.0504. The van der Waals surface area contributed by atoms with Crippen LogP contribution in [-0.2, 0) is 9.47 Å². The zero-order valence-corrected chi connectivity index (χ0v) is 10.6. The summed E-state index contributed by atoms with van der Waals surface area (Å²) in [6.07, 6.45) is 0. The summed E-state index contributed by atoms with van der Waals surface area (Å²) in [7, 11) is -1.24. The minimum absolute atomic E-state index is 0.206. The van der Waals surface area contributed by atoms with Gasteiger partial charge in [-0.15, -0.1) is 0 Å². The molecule has 4 nitrogen and oxygen atoms in total. The average molecular weight is 220 g/mol. The highest BCUT2D eigenvalue weighted by Gasteiger charge is 2.22. The zero-order chi connectivity index (χ0) is 11.0. The molecule has 0 spiro atoms. The third kappa shape index (κ3) is 7.46. The van der Waals surface area contributed by atoms with E-state index in [1.807, 2.05) is 0 Å². The van der Waals surface area contributed by atoms with E-state index in [9.17, 15) is 0 Å². The molecule has 0 aliphatic carbocycles. The zero-order valence-electron chi connectivity index (χ0n) is 9.58. The first-order chi connectivity index (χ1) is 6.48. The van der Waals surface area contributed by atoms with Gasteiger partial charge in [0.1, 0.15) is 0 Å². The first-order valence-corrected chi connectivity index (χ1v) is 8.67. The van der Waals surface area contributed by atoms with Crippen molar-refractivity contribution in [2.75, 3.05) is 33.0 Å². The van der Waals surface area contributed by atoms with E-state index in [1.165, 1.54) is 0 Å². The Bertz CT molecular complexity index is 139. The lowest BCUT2D eigenvalue weighted by Gasteiger charge is -2.24. The SMILES string of the molecule is C[Si](C)(C)C(N)COCCOCCN. The third-order valence-electron chi connectivity index (χ3n) is 2.04. The molecule has 0 amide bonds. The molecule has 0 fully saturated rings. The van der Waals surface area contributed by atoms with Crippen molar-refractivity contribution in [2.45, 2.75) is 25.3 Å². The van der Waals surface area contributed by atoms with Gasteiger partial charge in [-0.2, -0.15) is 0 Å². The third-order valence-corrected chi connectivity index (χ3v) is 4.44. The van der Waals surface area contributed by atoms with Gasteiger partial charge in [-0.1, -0.05) is 19.6 Å². The topological polar surface area (TPSA) is 70.5 Å². The van der Waals surface area contributed by atoms with E-state index in [2.05, 4.69) is 19.6 Å². The largest absolute Gasteiger partial charge is 0.378 e. The predicted octanol–water partition coefficient (Wildman–Crippen LogP) is 0.183. The van der Waals surface area contributed by atoms with E-state index in [4.69, 9.17) is 20.9 Å². The Balaban J connectivity index is 3.28. The van der Waals surface area contributed by atoms with Crippen LogP contribution >= 0.6 is 0 Å². The Morgan fingerprint density at radius 2 is 1.64 bits per heavy atom. The molecule has 0 saturated carbocycles. The molecule has 0 aliphatic heterocycles. The van der Waals surface area contributed by atoms with Crippen LogP contribution in [0.25, 0.3) is 0 Å². The van der Waals surface area contributed by atoms with Crippen LogP contribution in [0.2, 0.25) is 19.6 Å². The summed E-state index contributed by atoms with van der Waals surface area (Å²) in [6.45, 7) is 9.75. The molecule has 14 heavy (non-hydrogen) atoms. The van der Waals surface area contributed by atoms with Crippen LogP contribution in [-0.4, -0.2) is 46.7 Å². The summed E-state index contributed by atoms with van der Waals surface area (Å²) in [5.41, 5.74) is 11.4. The molecule has 0 aromatic rings. The molecule has 0 heterocycles. The number of hydrogen-bond donors (Lipinski definition) is 2. The fourth-order valence-electron chi connectivity index (χ4n) is 0.764. The quantitative estimate of drug-likeness (QED) is 0.452. The van der Waals surface area contributed by atoms with E-state index in [1.54, 1.807) is 0 Å². The number of rotatable bonds is 8. The highest BCUT2D eigenvalue weighted by atomic mass is 28.3. The number of nitrogens with two attached hydrogens (primary N) is 2. The maximum Gasteiger partial charge on any atom is 0.0701 e. The van der Waals surface area contributed by atoms with Crippen LogP contribution < -0.4 is 11.5 Å².